The van der Waals surface area contributed by atoms with Gasteiger partial charge in [-0.25, -0.2) is 23.1 Å². The molecule has 1 N–H and O–H groups in total. The zero-order chi connectivity index (χ0) is 11.3. The Morgan fingerprint density at radius 1 is 1.33 bits per heavy atom. The summed E-state index contributed by atoms with van der Waals surface area (Å²) in [6, 6.07) is 0. The van der Waals surface area contributed by atoms with Gasteiger partial charge in [-0.15, -0.1) is 0 Å². The standard InChI is InChI=1S/C9H15N3O2S/c1-8(2)15(13,14)12-4-3-9-5-10-7-11-6-9/h5-8,12H,3-4H2,1-2H3. The lowest BCUT2D eigenvalue weighted by atomic mass is 10.2. The third-order valence-electron chi connectivity index (χ3n) is 1.95. The molecule has 0 aliphatic carbocycles. The minimum atomic E-state index is -3.16. The molecular formula is C9H15N3O2S. The first-order valence-electron chi connectivity index (χ1n) is 4.75. The van der Waals surface area contributed by atoms with Gasteiger partial charge in [0.2, 0.25) is 10.0 Å². The van der Waals surface area contributed by atoms with Crippen molar-refractivity contribution in [2.45, 2.75) is 25.5 Å². The second-order valence-electron chi connectivity index (χ2n) is 3.48. The van der Waals surface area contributed by atoms with Crippen LogP contribution in [0.3, 0.4) is 0 Å². The monoisotopic (exact) mass is 229 g/mol. The minimum Gasteiger partial charge on any atom is -0.245 e. The summed E-state index contributed by atoms with van der Waals surface area (Å²) in [5.41, 5.74) is 0.920. The van der Waals surface area contributed by atoms with Gasteiger partial charge in [0, 0.05) is 18.9 Å². The molecule has 0 atom stereocenters. The van der Waals surface area contributed by atoms with E-state index in [2.05, 4.69) is 14.7 Å². The Balaban J connectivity index is 2.41. The van der Waals surface area contributed by atoms with Gasteiger partial charge in [-0.05, 0) is 25.8 Å². The summed E-state index contributed by atoms with van der Waals surface area (Å²) < 4.78 is 25.3. The molecule has 5 nitrogen and oxygen atoms in total. The molecule has 0 aliphatic heterocycles. The van der Waals surface area contributed by atoms with Crippen LogP contribution in [0.2, 0.25) is 0 Å². The molecule has 0 unspecified atom stereocenters. The largest absolute Gasteiger partial charge is 0.245 e. The Labute approximate surface area is 90.0 Å². The van der Waals surface area contributed by atoms with Crippen LogP contribution in [-0.4, -0.2) is 30.2 Å². The van der Waals surface area contributed by atoms with Crippen LogP contribution in [0.15, 0.2) is 18.7 Å². The van der Waals surface area contributed by atoms with Crippen molar-refractivity contribution in [2.24, 2.45) is 0 Å². The third-order valence-corrected chi connectivity index (χ3v) is 3.80. The highest BCUT2D eigenvalue weighted by Gasteiger charge is 2.14. The molecule has 0 saturated heterocycles. The van der Waals surface area contributed by atoms with Gasteiger partial charge < -0.3 is 0 Å². The Bertz CT molecular complexity index is 389. The molecule has 0 fully saturated rings. The van der Waals surface area contributed by atoms with E-state index in [-0.39, 0.29) is 0 Å². The maximum atomic E-state index is 11.4. The van der Waals surface area contributed by atoms with E-state index in [9.17, 15) is 8.42 Å². The van der Waals surface area contributed by atoms with Crippen molar-refractivity contribution in [1.82, 2.24) is 14.7 Å². The Morgan fingerprint density at radius 2 is 1.93 bits per heavy atom. The van der Waals surface area contributed by atoms with Crippen molar-refractivity contribution in [3.8, 4) is 0 Å². The molecule has 84 valence electrons. The van der Waals surface area contributed by atoms with Gasteiger partial charge in [0.05, 0.1) is 5.25 Å². The quantitative estimate of drug-likeness (QED) is 0.790. The summed E-state index contributed by atoms with van der Waals surface area (Å²) in [7, 11) is -3.16. The second kappa shape index (κ2) is 5.18. The average molecular weight is 229 g/mol. The van der Waals surface area contributed by atoms with Crippen molar-refractivity contribution in [3.63, 3.8) is 0 Å². The Kier molecular flexibility index (Phi) is 4.16. The molecule has 0 saturated carbocycles. The van der Waals surface area contributed by atoms with Crippen LogP contribution >= 0.6 is 0 Å². The van der Waals surface area contributed by atoms with Gasteiger partial charge in [0.25, 0.3) is 0 Å². The molecule has 6 heteroatoms. The fourth-order valence-electron chi connectivity index (χ4n) is 0.963. The van der Waals surface area contributed by atoms with E-state index in [1.807, 2.05) is 0 Å². The van der Waals surface area contributed by atoms with Crippen molar-refractivity contribution in [2.75, 3.05) is 6.54 Å². The topological polar surface area (TPSA) is 72.0 Å². The maximum absolute atomic E-state index is 11.4. The van der Waals surface area contributed by atoms with Gasteiger partial charge in [-0.1, -0.05) is 0 Å². The first-order chi connectivity index (χ1) is 7.02. The van der Waals surface area contributed by atoms with Crippen molar-refractivity contribution < 1.29 is 8.42 Å². The second-order valence-corrected chi connectivity index (χ2v) is 5.81. The third kappa shape index (κ3) is 3.93. The van der Waals surface area contributed by atoms with Crippen LogP contribution in [-0.2, 0) is 16.4 Å². The molecule has 0 aromatic carbocycles. The molecular weight excluding hydrogens is 214 g/mol. The van der Waals surface area contributed by atoms with Crippen LogP contribution < -0.4 is 4.72 Å². The smallest absolute Gasteiger partial charge is 0.213 e. The lowest BCUT2D eigenvalue weighted by molar-refractivity contribution is 0.572. The summed E-state index contributed by atoms with van der Waals surface area (Å²) in [6.45, 7) is 3.68. The van der Waals surface area contributed by atoms with E-state index in [4.69, 9.17) is 0 Å². The van der Waals surface area contributed by atoms with Gasteiger partial charge in [-0.2, -0.15) is 0 Å². The SMILES string of the molecule is CC(C)S(=O)(=O)NCCc1cncnc1. The van der Waals surface area contributed by atoms with Crippen LogP contribution in [0.25, 0.3) is 0 Å². The number of aromatic nitrogens is 2. The predicted molar refractivity (Wildman–Crippen MR) is 57.8 cm³/mol. The van der Waals surface area contributed by atoms with Crippen LogP contribution in [0.5, 0.6) is 0 Å². The first kappa shape index (κ1) is 12.1. The van der Waals surface area contributed by atoms with E-state index in [1.54, 1.807) is 26.2 Å². The maximum Gasteiger partial charge on any atom is 0.213 e. The summed E-state index contributed by atoms with van der Waals surface area (Å²) in [6.07, 6.45) is 5.40. The number of nitrogens with zero attached hydrogens (tertiary/aromatic N) is 2. The molecule has 15 heavy (non-hydrogen) atoms. The van der Waals surface area contributed by atoms with E-state index >= 15 is 0 Å². The van der Waals surface area contributed by atoms with Crippen LogP contribution in [0, 0.1) is 0 Å². The molecule has 0 amide bonds. The fourth-order valence-corrected chi connectivity index (χ4v) is 1.68. The van der Waals surface area contributed by atoms with Gasteiger partial charge >= 0.3 is 0 Å². The number of rotatable bonds is 5. The molecule has 1 aromatic rings. The summed E-state index contributed by atoms with van der Waals surface area (Å²) in [5, 5.41) is -0.399. The number of hydrogen-bond acceptors (Lipinski definition) is 4. The highest BCUT2D eigenvalue weighted by molar-refractivity contribution is 7.90. The summed E-state index contributed by atoms with van der Waals surface area (Å²) in [5.74, 6) is 0. The molecule has 0 aliphatic rings. The first-order valence-corrected chi connectivity index (χ1v) is 6.29. The van der Waals surface area contributed by atoms with E-state index < -0.39 is 15.3 Å². The Morgan fingerprint density at radius 3 is 2.47 bits per heavy atom. The predicted octanol–water partition coefficient (Wildman–Crippen LogP) is 0.347. The molecule has 0 bridgehead atoms. The molecule has 0 spiro atoms. The Hall–Kier alpha value is -1.01. The molecule has 0 radical (unpaired) electrons. The van der Waals surface area contributed by atoms with E-state index in [0.717, 1.165) is 5.56 Å². The highest BCUT2D eigenvalue weighted by atomic mass is 32.2. The molecule has 1 rings (SSSR count). The summed E-state index contributed by atoms with van der Waals surface area (Å²) in [4.78, 5) is 7.69. The van der Waals surface area contributed by atoms with Crippen molar-refractivity contribution >= 4 is 10.0 Å². The normalized spacial score (nSPS) is 11.9. The van der Waals surface area contributed by atoms with Crippen molar-refractivity contribution in [3.05, 3.63) is 24.3 Å². The number of sulfonamides is 1. The van der Waals surface area contributed by atoms with Gasteiger partial charge in [0.1, 0.15) is 6.33 Å². The summed E-state index contributed by atoms with van der Waals surface area (Å²) >= 11 is 0. The lowest BCUT2D eigenvalue weighted by Gasteiger charge is -2.08. The minimum absolute atomic E-state index is 0.383. The molecule has 1 heterocycles. The van der Waals surface area contributed by atoms with Crippen LogP contribution in [0.1, 0.15) is 19.4 Å². The fraction of sp³-hybridized carbons (Fsp3) is 0.556. The van der Waals surface area contributed by atoms with E-state index in [1.165, 1.54) is 6.33 Å². The lowest BCUT2D eigenvalue weighted by Crippen LogP contribution is -2.32. The average Bonchev–Trinajstić information content (AvgIpc) is 2.19. The number of hydrogen-bond donors (Lipinski definition) is 1. The molecule has 1 aromatic heterocycles. The van der Waals surface area contributed by atoms with E-state index in [0.29, 0.717) is 13.0 Å². The zero-order valence-corrected chi connectivity index (χ0v) is 9.66. The van der Waals surface area contributed by atoms with Crippen molar-refractivity contribution in [1.29, 1.82) is 0 Å². The van der Waals surface area contributed by atoms with Crippen LogP contribution in [0.4, 0.5) is 0 Å². The van der Waals surface area contributed by atoms with Gasteiger partial charge in [-0.3, -0.25) is 0 Å². The van der Waals surface area contributed by atoms with Gasteiger partial charge in [0.15, 0.2) is 0 Å². The highest BCUT2D eigenvalue weighted by Crippen LogP contribution is 1.97. The zero-order valence-electron chi connectivity index (χ0n) is 8.84. The number of nitrogens with one attached hydrogen (secondary N) is 1.